The highest BCUT2D eigenvalue weighted by atomic mass is 79.9. The molecule has 3 aliphatic heterocycles. The van der Waals surface area contributed by atoms with Gasteiger partial charge in [-0.1, -0.05) is 107 Å². The third kappa shape index (κ3) is 8.57. The lowest BCUT2D eigenvalue weighted by Crippen LogP contribution is -2.85. The van der Waals surface area contributed by atoms with Crippen LogP contribution >= 0.6 is 15.9 Å². The van der Waals surface area contributed by atoms with Crippen molar-refractivity contribution in [1.82, 2.24) is 0 Å². The van der Waals surface area contributed by atoms with Crippen molar-refractivity contribution >= 4 is 15.9 Å². The highest BCUT2D eigenvalue weighted by Gasteiger charge is 2.79. The molecule has 3 aliphatic rings. The van der Waals surface area contributed by atoms with E-state index >= 15 is 0 Å². The van der Waals surface area contributed by atoms with E-state index in [2.05, 4.69) is 15.9 Å². The summed E-state index contributed by atoms with van der Waals surface area (Å²) in [6.07, 6.45) is -24.7. The van der Waals surface area contributed by atoms with Gasteiger partial charge >= 0.3 is 0 Å². The van der Waals surface area contributed by atoms with Gasteiger partial charge in [0.1, 0.15) is 77.6 Å². The van der Waals surface area contributed by atoms with Crippen molar-refractivity contribution in [3.8, 4) is 0 Å². The first-order chi connectivity index (χ1) is 28.6. The van der Waals surface area contributed by atoms with Crippen molar-refractivity contribution in [2.75, 3.05) is 19.8 Å². The van der Waals surface area contributed by atoms with Crippen LogP contribution in [0.25, 0.3) is 0 Å². The molecule has 60 heavy (non-hydrogen) atoms. The summed E-state index contributed by atoms with van der Waals surface area (Å²) in [7, 11) is 0. The van der Waals surface area contributed by atoms with Crippen LogP contribution in [0.2, 0.25) is 0 Å². The lowest BCUT2D eigenvalue weighted by Gasteiger charge is -2.64. The van der Waals surface area contributed by atoms with Gasteiger partial charge in [-0.25, -0.2) is 0 Å². The molecule has 19 heteroatoms. The molecule has 1 radical (unpaired) electrons. The summed E-state index contributed by atoms with van der Waals surface area (Å²) in [5.74, 6) is -9.07. The van der Waals surface area contributed by atoms with Gasteiger partial charge < -0.3 is 89.7 Å². The number of ether oxygens (including phenoxy) is 6. The van der Waals surface area contributed by atoms with Gasteiger partial charge in [-0.05, 0) is 16.7 Å². The Hall–Kier alpha value is -2.58. The van der Waals surface area contributed by atoms with Gasteiger partial charge in [-0.3, -0.25) is 0 Å². The van der Waals surface area contributed by atoms with E-state index in [1.54, 1.807) is 91.0 Å². The Balaban J connectivity index is 1.68. The topological polar surface area (TPSA) is 298 Å². The number of aliphatic hydroxyl groups excluding tert-OH is 12. The highest BCUT2D eigenvalue weighted by Crippen LogP contribution is 2.59. The van der Waals surface area contributed by atoms with E-state index in [-0.39, 0.29) is 0 Å². The quantitative estimate of drug-likeness (QED) is 0.0661. The zero-order chi connectivity index (χ0) is 43.5. The van der Waals surface area contributed by atoms with Crippen LogP contribution in [0.4, 0.5) is 0 Å². The van der Waals surface area contributed by atoms with Crippen molar-refractivity contribution in [3.63, 3.8) is 0 Å². The molecule has 0 bridgehead atoms. The van der Waals surface area contributed by atoms with Crippen LogP contribution in [0.15, 0.2) is 91.0 Å². The van der Waals surface area contributed by atoms with Gasteiger partial charge in [-0.2, -0.15) is 0 Å². The van der Waals surface area contributed by atoms with E-state index < -0.39 is 135 Å². The summed E-state index contributed by atoms with van der Waals surface area (Å²) in [4.78, 5) is 0. The third-order valence-corrected chi connectivity index (χ3v) is 12.5. The number of rotatable bonds is 16. The molecule has 3 saturated heterocycles. The van der Waals surface area contributed by atoms with E-state index in [1.165, 1.54) is 0 Å². The second kappa shape index (κ2) is 19.4. The van der Waals surface area contributed by atoms with Crippen molar-refractivity contribution in [2.24, 2.45) is 0 Å². The second-order valence-electron chi connectivity index (χ2n) is 15.0. The van der Waals surface area contributed by atoms with E-state index in [0.29, 0.717) is 16.7 Å². The van der Waals surface area contributed by atoms with E-state index in [0.717, 1.165) is 6.42 Å². The predicted octanol–water partition coefficient (Wildman–Crippen LogP) is -2.51. The molecule has 3 fully saturated rings. The average molecular weight is 913 g/mol. The van der Waals surface area contributed by atoms with E-state index in [9.17, 15) is 61.3 Å². The molecule has 6 rings (SSSR count). The summed E-state index contributed by atoms with van der Waals surface area (Å²) < 4.78 is 35.2. The predicted molar refractivity (Wildman–Crippen MR) is 208 cm³/mol. The van der Waals surface area contributed by atoms with Crippen molar-refractivity contribution in [2.45, 2.75) is 115 Å². The number of benzene rings is 3. The van der Waals surface area contributed by atoms with Gasteiger partial charge in [0.05, 0.1) is 46.1 Å². The standard InChI is InChI=1S/C41H52BrO18/c42-39(40(56-20-24-12-6-2-7-13-24)36(53)33(50)30(47)27(17-44)59-40,41(57-21-25-14-8-3-9-15-25)37(54)34(51)31(48)28(18-45)60-41)22-38(55-19-23-10-4-1-5-11-23)35(52)32(49)29(46)26(16-43)58-38/h1-15,22,26-37,43-54H,16-21H2/t26-,27+,28+,29-,30+,31+,32+,33-,34-,35+,36-,37-,38?,39?,40?,41?/m1/s1. The summed E-state index contributed by atoms with van der Waals surface area (Å²) >= 11 is 3.56. The van der Waals surface area contributed by atoms with Gasteiger partial charge in [0.15, 0.2) is 0 Å². The molecule has 0 aliphatic carbocycles. The molecule has 331 valence electrons. The Morgan fingerprint density at radius 2 is 0.783 bits per heavy atom. The first-order valence-corrected chi connectivity index (χ1v) is 20.0. The Kier molecular flexibility index (Phi) is 15.2. The molecular formula is C41H52BrO18. The monoisotopic (exact) mass is 911 g/mol. The van der Waals surface area contributed by atoms with Crippen LogP contribution in [0, 0.1) is 6.42 Å². The van der Waals surface area contributed by atoms with Crippen molar-refractivity contribution < 1.29 is 89.7 Å². The zero-order valence-electron chi connectivity index (χ0n) is 32.1. The molecular weight excluding hydrogens is 860 g/mol. The lowest BCUT2D eigenvalue weighted by atomic mass is 9.70. The van der Waals surface area contributed by atoms with Crippen LogP contribution in [0.5, 0.6) is 0 Å². The fraction of sp³-hybridized carbons (Fsp3) is 0.537. The van der Waals surface area contributed by atoms with Crippen molar-refractivity contribution in [3.05, 3.63) is 114 Å². The summed E-state index contributed by atoms with van der Waals surface area (Å²) in [6.45, 7) is -4.61. The molecule has 0 aromatic heterocycles. The minimum absolute atomic E-state index is 0.402. The van der Waals surface area contributed by atoms with E-state index in [4.69, 9.17) is 28.4 Å². The number of alkyl halides is 1. The van der Waals surface area contributed by atoms with E-state index in [1.807, 2.05) is 0 Å². The minimum Gasteiger partial charge on any atom is -0.394 e. The molecule has 0 spiro atoms. The third-order valence-electron chi connectivity index (χ3n) is 11.2. The average Bonchev–Trinajstić information content (AvgIpc) is 3.28. The molecule has 0 saturated carbocycles. The molecule has 3 unspecified atom stereocenters. The van der Waals surface area contributed by atoms with Gasteiger partial charge in [0, 0.05) is 0 Å². The number of hydrogen-bond acceptors (Lipinski definition) is 18. The molecule has 12 N–H and O–H groups in total. The Bertz CT molecular complexity index is 1700. The lowest BCUT2D eigenvalue weighted by molar-refractivity contribution is -0.445. The highest BCUT2D eigenvalue weighted by molar-refractivity contribution is 9.10. The molecule has 3 aromatic rings. The van der Waals surface area contributed by atoms with Gasteiger partial charge in [-0.15, -0.1) is 0 Å². The van der Waals surface area contributed by atoms with Gasteiger partial charge in [0.2, 0.25) is 17.4 Å². The summed E-state index contributed by atoms with van der Waals surface area (Å²) in [5.41, 5.74) is 1.26. The molecule has 3 aromatic carbocycles. The maximum Gasteiger partial charge on any atom is 0.219 e. The Morgan fingerprint density at radius 3 is 1.13 bits per heavy atom. The smallest absolute Gasteiger partial charge is 0.219 e. The fourth-order valence-electron chi connectivity index (χ4n) is 7.80. The Morgan fingerprint density at radius 1 is 0.467 bits per heavy atom. The molecule has 18 nitrogen and oxygen atoms in total. The summed E-state index contributed by atoms with van der Waals surface area (Å²) in [6, 6.07) is 24.7. The number of hydrogen-bond donors (Lipinski definition) is 12. The van der Waals surface area contributed by atoms with Crippen LogP contribution in [0.3, 0.4) is 0 Å². The SMILES string of the molecule is OC[C@@H]1OC(OCc2ccccc2)(C(Br)([CH]C2(OCc3ccccc3)O[C@H](CO)[C@@H](O)[C@H](O)[C@@H]2O)C2(OCc3ccccc3)O[C@@H](CO)[C@H](O)[C@@H](O)[C@H]2O)[C@H](O)[C@H](O)[C@H]1O. The Labute approximate surface area is 353 Å². The van der Waals surface area contributed by atoms with Gasteiger partial charge in [0.25, 0.3) is 0 Å². The molecule has 0 amide bonds. The molecule has 3 heterocycles. The largest absolute Gasteiger partial charge is 0.394 e. The first-order valence-electron chi connectivity index (χ1n) is 19.2. The fourth-order valence-corrected chi connectivity index (χ4v) is 9.00. The number of halogens is 1. The van der Waals surface area contributed by atoms with Crippen LogP contribution in [-0.4, -0.2) is 176 Å². The first kappa shape index (κ1) is 46.9. The normalized spacial score (nSPS) is 39.5. The second-order valence-corrected chi connectivity index (χ2v) is 16.3. The van der Waals surface area contributed by atoms with Crippen molar-refractivity contribution in [1.29, 1.82) is 0 Å². The van der Waals surface area contributed by atoms with Crippen LogP contribution < -0.4 is 0 Å². The van der Waals surface area contributed by atoms with Crippen LogP contribution in [-0.2, 0) is 48.2 Å². The number of aliphatic hydroxyl groups is 12. The maximum atomic E-state index is 12.4. The maximum absolute atomic E-state index is 12.4. The molecule has 15 atom stereocenters. The zero-order valence-corrected chi connectivity index (χ0v) is 33.7. The minimum atomic E-state index is -3.10. The summed E-state index contributed by atoms with van der Waals surface area (Å²) in [5, 5.41) is 136. The van der Waals surface area contributed by atoms with Crippen LogP contribution in [0.1, 0.15) is 16.7 Å².